The van der Waals surface area contributed by atoms with Gasteiger partial charge >= 0.3 is 5.97 Å². The van der Waals surface area contributed by atoms with E-state index in [4.69, 9.17) is 4.74 Å². The van der Waals surface area contributed by atoms with E-state index in [1.165, 1.54) is 12.7 Å². The molecule has 3 aromatic rings. The zero-order valence-corrected chi connectivity index (χ0v) is 15.0. The summed E-state index contributed by atoms with van der Waals surface area (Å²) in [4.78, 5) is 25.7. The van der Waals surface area contributed by atoms with Crippen molar-refractivity contribution in [1.29, 1.82) is 0 Å². The van der Waals surface area contributed by atoms with E-state index in [2.05, 4.69) is 24.3 Å². The lowest BCUT2D eigenvalue weighted by atomic mass is 10.2. The number of carbonyl (C=O) groups excluding carboxylic acids is 2. The quantitative estimate of drug-likeness (QED) is 0.498. The molecule has 0 aliphatic rings. The predicted molar refractivity (Wildman–Crippen MR) is 100 cm³/mol. The average Bonchev–Trinajstić information content (AvgIpc) is 3.02. The molecular weight excluding hydrogens is 334 g/mol. The van der Waals surface area contributed by atoms with Crippen LogP contribution in [0.1, 0.15) is 27.1 Å². The minimum absolute atomic E-state index is 0.0361. The molecule has 1 aromatic heterocycles. The van der Waals surface area contributed by atoms with Crippen LogP contribution in [0.5, 0.6) is 0 Å². The minimum atomic E-state index is -0.434. The smallest absolute Gasteiger partial charge is 0.340 e. The van der Waals surface area contributed by atoms with Gasteiger partial charge in [-0.1, -0.05) is 35.9 Å². The van der Waals surface area contributed by atoms with E-state index in [0.717, 1.165) is 15.8 Å². The van der Waals surface area contributed by atoms with E-state index < -0.39 is 5.97 Å². The van der Waals surface area contributed by atoms with Crippen LogP contribution in [-0.2, 0) is 4.74 Å². The third-order valence-electron chi connectivity index (χ3n) is 3.99. The topological polar surface area (TPSA) is 48.3 Å². The molecule has 128 valence electrons. The monoisotopic (exact) mass is 353 g/mol. The minimum Gasteiger partial charge on any atom is -0.465 e. The highest BCUT2D eigenvalue weighted by Crippen LogP contribution is 2.24. The molecule has 0 bridgehead atoms. The van der Waals surface area contributed by atoms with Crippen LogP contribution in [0.4, 0.5) is 0 Å². The normalized spacial score (nSPS) is 10.8. The van der Waals surface area contributed by atoms with Gasteiger partial charge in [0.15, 0.2) is 0 Å². The fourth-order valence-electron chi connectivity index (χ4n) is 2.67. The molecule has 0 N–H and O–H groups in total. The number of thioether (sulfide) groups is 1. The Kier molecular flexibility index (Phi) is 5.24. The fourth-order valence-corrected chi connectivity index (χ4v) is 3.51. The summed E-state index contributed by atoms with van der Waals surface area (Å²) in [5, 5.41) is 0.730. The van der Waals surface area contributed by atoms with Crippen molar-refractivity contribution in [3.63, 3.8) is 0 Å². The van der Waals surface area contributed by atoms with Gasteiger partial charge in [-0.25, -0.2) is 4.79 Å². The van der Waals surface area contributed by atoms with Crippen molar-refractivity contribution in [1.82, 2.24) is 4.57 Å². The third kappa shape index (κ3) is 3.77. The van der Waals surface area contributed by atoms with Gasteiger partial charge in [0, 0.05) is 28.7 Å². The molecule has 0 saturated carbocycles. The summed E-state index contributed by atoms with van der Waals surface area (Å²) in [5.41, 5.74) is 2.36. The molecule has 2 aromatic carbocycles. The molecule has 1 heterocycles. The van der Waals surface area contributed by atoms with Crippen molar-refractivity contribution >= 4 is 34.5 Å². The summed E-state index contributed by atoms with van der Waals surface area (Å²) in [6, 6.07) is 15.6. The number of ether oxygens (including phenoxy) is 1. The van der Waals surface area contributed by atoms with E-state index in [9.17, 15) is 9.59 Å². The first kappa shape index (κ1) is 17.3. The first-order valence-electron chi connectivity index (χ1n) is 8.01. The number of aryl methyl sites for hydroxylation is 1. The number of esters is 1. The zero-order valence-electron chi connectivity index (χ0n) is 14.2. The summed E-state index contributed by atoms with van der Waals surface area (Å²) < 4.78 is 6.37. The van der Waals surface area contributed by atoms with E-state index in [-0.39, 0.29) is 5.91 Å². The van der Waals surface area contributed by atoms with Crippen molar-refractivity contribution in [2.75, 3.05) is 12.9 Å². The highest BCUT2D eigenvalue weighted by molar-refractivity contribution is 7.99. The first-order chi connectivity index (χ1) is 12.1. The van der Waals surface area contributed by atoms with Gasteiger partial charge in [-0.05, 0) is 25.1 Å². The summed E-state index contributed by atoms with van der Waals surface area (Å²) in [6.07, 6.45) is 1.97. The first-order valence-corrected chi connectivity index (χ1v) is 9.00. The number of hydrogen-bond donors (Lipinski definition) is 0. The number of hydrogen-bond acceptors (Lipinski definition) is 4. The van der Waals surface area contributed by atoms with Gasteiger partial charge in [-0.3, -0.25) is 9.36 Å². The van der Waals surface area contributed by atoms with Crippen LogP contribution in [0.2, 0.25) is 0 Å². The molecule has 0 unspecified atom stereocenters. The third-order valence-corrected chi connectivity index (χ3v) is 5.01. The maximum absolute atomic E-state index is 12.6. The molecular formula is C20H19NO3S. The summed E-state index contributed by atoms with van der Waals surface area (Å²) in [7, 11) is 1.34. The lowest BCUT2D eigenvalue weighted by Crippen LogP contribution is -2.10. The van der Waals surface area contributed by atoms with Gasteiger partial charge in [0.05, 0.1) is 18.2 Å². The lowest BCUT2D eigenvalue weighted by Gasteiger charge is -2.05. The number of benzene rings is 2. The van der Waals surface area contributed by atoms with Gasteiger partial charge in [0.25, 0.3) is 0 Å². The van der Waals surface area contributed by atoms with E-state index in [1.54, 1.807) is 22.5 Å². The molecule has 5 heteroatoms. The van der Waals surface area contributed by atoms with Crippen molar-refractivity contribution in [3.8, 4) is 0 Å². The summed E-state index contributed by atoms with van der Waals surface area (Å²) in [5.74, 6) is 0.213. The molecule has 0 amide bonds. The van der Waals surface area contributed by atoms with Gasteiger partial charge in [-0.2, -0.15) is 0 Å². The molecule has 25 heavy (non-hydrogen) atoms. The van der Waals surface area contributed by atoms with Crippen LogP contribution in [0.15, 0.2) is 59.6 Å². The number of para-hydroxylation sites is 1. The molecule has 0 atom stereocenters. The van der Waals surface area contributed by atoms with Crippen molar-refractivity contribution in [2.45, 2.75) is 18.2 Å². The Morgan fingerprint density at radius 1 is 1.08 bits per heavy atom. The van der Waals surface area contributed by atoms with E-state index >= 15 is 0 Å². The SMILES string of the molecule is COC(=O)c1cn(C(=O)CCSc2ccc(C)cc2)c2ccccc12. The zero-order chi connectivity index (χ0) is 17.8. The maximum atomic E-state index is 12.6. The summed E-state index contributed by atoms with van der Waals surface area (Å²) >= 11 is 1.65. The van der Waals surface area contributed by atoms with Crippen LogP contribution in [-0.4, -0.2) is 29.3 Å². The molecule has 0 spiro atoms. The number of carbonyl (C=O) groups is 2. The number of methoxy groups -OCH3 is 1. The van der Waals surface area contributed by atoms with Crippen LogP contribution in [0.25, 0.3) is 10.9 Å². The second kappa shape index (κ2) is 7.57. The molecule has 0 aliphatic heterocycles. The molecule has 0 aliphatic carbocycles. The molecule has 0 saturated heterocycles. The van der Waals surface area contributed by atoms with Gasteiger partial charge in [-0.15, -0.1) is 11.8 Å². The number of rotatable bonds is 5. The average molecular weight is 353 g/mol. The van der Waals surface area contributed by atoms with Crippen LogP contribution in [0.3, 0.4) is 0 Å². The lowest BCUT2D eigenvalue weighted by molar-refractivity contribution is 0.0603. The van der Waals surface area contributed by atoms with Crippen molar-refractivity contribution < 1.29 is 14.3 Å². The van der Waals surface area contributed by atoms with Crippen LogP contribution >= 0.6 is 11.8 Å². The highest BCUT2D eigenvalue weighted by atomic mass is 32.2. The van der Waals surface area contributed by atoms with Gasteiger partial charge < -0.3 is 4.74 Å². The maximum Gasteiger partial charge on any atom is 0.340 e. The molecule has 3 rings (SSSR count). The Balaban J connectivity index is 1.75. The second-order valence-corrected chi connectivity index (χ2v) is 6.90. The second-order valence-electron chi connectivity index (χ2n) is 5.73. The number of fused-ring (bicyclic) bond motifs is 1. The van der Waals surface area contributed by atoms with Crippen LogP contribution in [0, 0.1) is 6.92 Å². The largest absolute Gasteiger partial charge is 0.465 e. The standard InChI is InChI=1S/C20H19NO3S/c1-14-7-9-15(10-8-14)25-12-11-19(22)21-13-17(20(23)24-2)16-5-3-4-6-18(16)21/h3-10,13H,11-12H2,1-2H3. The number of nitrogens with zero attached hydrogens (tertiary/aromatic N) is 1. The summed E-state index contributed by atoms with van der Waals surface area (Å²) in [6.45, 7) is 2.05. The van der Waals surface area contributed by atoms with Crippen molar-refractivity contribution in [3.05, 3.63) is 65.9 Å². The Morgan fingerprint density at radius 2 is 1.80 bits per heavy atom. The molecule has 4 nitrogen and oxygen atoms in total. The van der Waals surface area contributed by atoms with Gasteiger partial charge in [0.1, 0.15) is 0 Å². The Bertz CT molecular complexity index is 912. The predicted octanol–water partition coefficient (Wildman–Crippen LogP) is 4.56. The molecule has 0 radical (unpaired) electrons. The van der Waals surface area contributed by atoms with E-state index in [0.29, 0.717) is 17.7 Å². The fraction of sp³-hybridized carbons (Fsp3) is 0.200. The van der Waals surface area contributed by atoms with Crippen molar-refractivity contribution in [2.24, 2.45) is 0 Å². The van der Waals surface area contributed by atoms with Crippen LogP contribution < -0.4 is 0 Å². The Hall–Kier alpha value is -2.53. The Labute approximate surface area is 150 Å². The van der Waals surface area contributed by atoms with Gasteiger partial charge in [0.2, 0.25) is 5.91 Å². The highest BCUT2D eigenvalue weighted by Gasteiger charge is 2.18. The number of aromatic nitrogens is 1. The van der Waals surface area contributed by atoms with E-state index in [1.807, 2.05) is 31.2 Å². The molecule has 0 fully saturated rings. The Morgan fingerprint density at radius 3 is 2.52 bits per heavy atom.